The SMILES string of the molecule is Cc1cc(Nc2cc(Cl)c(Oc3cccc4cnccc34)c(Cl)c2)nc(N)n1.Cc1cc(Nc2ccc(Sc3ccncc3)nc2)nc(N)n1.Nc1nc(Nc2cc(Cl)c(Sc3ccncc3)c(Cl)c2)cc(-c2cccnc2)n1.Nc1nc(Nc2ccc(Sc3ccncc3)c(F)c2)cc(-c2ccccc2)n1.Nc1nc(Nc2ccc(Sc3ccncc3)cc2)cc(-c2ccccc2)n1. The van der Waals surface area contributed by atoms with Crippen molar-refractivity contribution in [3.63, 3.8) is 0 Å². The molecule has 0 aliphatic rings. The zero-order valence-electron chi connectivity index (χ0n) is 70.7. The van der Waals surface area contributed by atoms with E-state index in [9.17, 15) is 4.39 Å². The van der Waals surface area contributed by atoms with Gasteiger partial charge in [-0.1, -0.05) is 166 Å². The Morgan fingerprint density at radius 2 is 0.716 bits per heavy atom. The van der Waals surface area contributed by atoms with E-state index in [2.05, 4.69) is 123 Å². The molecular weight excluding hydrogens is 1850 g/mol. The standard InChI is InChI=1S/C21H16FN5S.C21H17N5S.C20H14Cl2N6S.C20H15Cl2N5O.C15H14N6S/c22-17-12-15(6-7-19(17)28-16-8-10-24-11-9-16)25-20-13-18(26-21(23)27-20)14-4-2-1-3-5-14;22-21-25-19(15-4-2-1-3-5-15)14-20(26-21)24-16-6-8-17(9-7-16)27-18-10-12-23-13-11-18;21-15-8-13(9-16(22)19(15)29-14-3-6-24-7-4-14)26-18-10-17(27-20(23)28-18)12-2-1-5-25-11-12;1-11-7-18(27-20(23)25-11)26-13-8-15(21)19(16(22)9-13)28-17-4-2-3-12-10-24-6-5-14(12)17;1-10-8-13(21-15(16)19-10)20-11-2-3-14(18-9-11)22-12-4-6-17-7-5-12/h1-13H,(H3,23,25,26,27);1-14H,(H3,22,24,25,26);1-11H,(H3,23,26,27,28);2-10H,1H3,(H3,23,25,26,27);2-9H,1H3,(H3,16,19,20,21). The summed E-state index contributed by atoms with van der Waals surface area (Å²) in [5, 5.41) is 20.4. The number of hydrogen-bond donors (Lipinski definition) is 10. The molecule has 37 heteroatoms. The first-order valence-corrected chi connectivity index (χ1v) is 45.2. The van der Waals surface area contributed by atoms with E-state index in [1.165, 1.54) is 29.6 Å². The third-order valence-corrected chi connectivity index (χ3v) is 23.9. The summed E-state index contributed by atoms with van der Waals surface area (Å²) in [6, 6.07) is 79.3. The second kappa shape index (κ2) is 45.9. The Balaban J connectivity index is 0.000000128. The van der Waals surface area contributed by atoms with Gasteiger partial charge < -0.3 is 60.0 Å². The van der Waals surface area contributed by atoms with Crippen molar-refractivity contribution >= 4 is 191 Å². The van der Waals surface area contributed by atoms with Crippen LogP contribution in [0.5, 0.6) is 11.5 Å². The van der Waals surface area contributed by atoms with Crippen LogP contribution in [0.1, 0.15) is 11.4 Å². The number of halogens is 5. The molecule has 15 N–H and O–H groups in total. The van der Waals surface area contributed by atoms with Crippen molar-refractivity contribution in [1.29, 1.82) is 0 Å². The van der Waals surface area contributed by atoms with Gasteiger partial charge in [-0.15, -0.1) is 0 Å². The fourth-order valence-corrected chi connectivity index (χ4v) is 16.9. The Labute approximate surface area is 805 Å². The summed E-state index contributed by atoms with van der Waals surface area (Å²) in [4.78, 5) is 77.2. The van der Waals surface area contributed by atoms with E-state index in [1.807, 2.05) is 196 Å². The number of nitrogen functional groups attached to an aromatic ring is 5. The number of fused-ring (bicyclic) bond motifs is 1. The molecule has 0 aliphatic carbocycles. The monoisotopic (exact) mass is 1920 g/mol. The van der Waals surface area contributed by atoms with Crippen molar-refractivity contribution < 1.29 is 9.13 Å². The molecule has 0 spiro atoms. The highest BCUT2D eigenvalue weighted by Gasteiger charge is 2.18. The molecule has 134 heavy (non-hydrogen) atoms. The average Bonchev–Trinajstić information content (AvgIpc) is 0.794. The normalized spacial score (nSPS) is 10.6. The third kappa shape index (κ3) is 27.3. The molecule has 7 aromatic carbocycles. The second-order valence-electron chi connectivity index (χ2n) is 28.3. The largest absolute Gasteiger partial charge is 0.454 e. The quantitative estimate of drug-likeness (QED) is 0.0284. The van der Waals surface area contributed by atoms with Crippen molar-refractivity contribution in [2.24, 2.45) is 0 Å². The van der Waals surface area contributed by atoms with E-state index >= 15 is 0 Å². The van der Waals surface area contributed by atoms with Gasteiger partial charge in [0.2, 0.25) is 29.7 Å². The number of pyridine rings is 7. The predicted octanol–water partition coefficient (Wildman–Crippen LogP) is 24.7. The molecule has 0 saturated carbocycles. The van der Waals surface area contributed by atoms with E-state index in [1.54, 1.807) is 159 Å². The summed E-state index contributed by atoms with van der Waals surface area (Å²) in [5.41, 5.74) is 39.1. The smallest absolute Gasteiger partial charge is 0.222 e. The number of nitrogens with one attached hydrogen (secondary N) is 5. The van der Waals surface area contributed by atoms with Crippen LogP contribution in [0.4, 0.5) is 91.7 Å². The van der Waals surface area contributed by atoms with E-state index in [0.717, 1.165) is 90.3 Å². The molecule has 0 atom stereocenters. The summed E-state index contributed by atoms with van der Waals surface area (Å²) in [6.07, 6.45) is 22.6. The number of nitrogens with two attached hydrogens (primary N) is 5. The minimum absolute atomic E-state index is 0.147. The van der Waals surface area contributed by atoms with Gasteiger partial charge in [-0.3, -0.25) is 29.9 Å². The van der Waals surface area contributed by atoms with Crippen molar-refractivity contribution in [2.45, 2.75) is 53.1 Å². The summed E-state index contributed by atoms with van der Waals surface area (Å²) in [6.45, 7) is 3.70. The van der Waals surface area contributed by atoms with Gasteiger partial charge in [-0.2, -0.15) is 24.9 Å². The number of ether oxygens (including phenoxy) is 1. The fraction of sp³-hybridized carbons (Fsp3) is 0.0206. The molecule has 0 fully saturated rings. The lowest BCUT2D eigenvalue weighted by atomic mass is 10.1. The zero-order valence-corrected chi connectivity index (χ0v) is 77.0. The Morgan fingerprint density at radius 3 is 1.20 bits per heavy atom. The number of aromatic nitrogens is 17. The second-order valence-corrected chi connectivity index (χ2v) is 34.4. The average molecular weight is 1920 g/mol. The van der Waals surface area contributed by atoms with E-state index in [0.29, 0.717) is 94.0 Å². The van der Waals surface area contributed by atoms with Crippen LogP contribution in [-0.2, 0) is 0 Å². The zero-order chi connectivity index (χ0) is 93.1. The van der Waals surface area contributed by atoms with Crippen molar-refractivity contribution in [3.05, 3.63) is 373 Å². The molecule has 12 heterocycles. The van der Waals surface area contributed by atoms with E-state index < -0.39 is 0 Å². The van der Waals surface area contributed by atoms with Gasteiger partial charge in [0.25, 0.3) is 0 Å². The van der Waals surface area contributed by atoms with Crippen LogP contribution in [-0.4, -0.2) is 84.7 Å². The van der Waals surface area contributed by atoms with Gasteiger partial charge in [-0.25, -0.2) is 34.3 Å². The van der Waals surface area contributed by atoms with E-state index in [-0.39, 0.29) is 35.6 Å². The molecule has 0 amide bonds. The predicted molar refractivity (Wildman–Crippen MR) is 537 cm³/mol. The highest BCUT2D eigenvalue weighted by atomic mass is 35.5. The topological polar surface area (TPSA) is 419 Å². The Hall–Kier alpha value is -15.5. The van der Waals surface area contributed by atoms with Crippen LogP contribution in [0.3, 0.4) is 0 Å². The Kier molecular flexibility index (Phi) is 31.9. The number of benzene rings is 7. The molecule has 0 aliphatic heterocycles. The maximum atomic E-state index is 14.5. The van der Waals surface area contributed by atoms with Crippen LogP contribution in [0.2, 0.25) is 20.1 Å². The summed E-state index contributed by atoms with van der Waals surface area (Å²) in [5.74, 6) is 4.56. The molecule has 664 valence electrons. The number of hydrogen-bond acceptors (Lipinski definition) is 32. The molecular formula is C97H76Cl4FN27OS4. The number of rotatable bonds is 23. The molecule has 12 aromatic heterocycles. The first-order valence-electron chi connectivity index (χ1n) is 40.4. The number of nitrogens with zero attached hydrogens (tertiary/aromatic N) is 17. The van der Waals surface area contributed by atoms with Gasteiger partial charge in [0.05, 0.1) is 49.1 Å². The van der Waals surface area contributed by atoms with Crippen molar-refractivity contribution in [3.8, 4) is 45.3 Å². The van der Waals surface area contributed by atoms with Crippen molar-refractivity contribution in [2.75, 3.05) is 55.3 Å². The van der Waals surface area contributed by atoms with E-state index in [4.69, 9.17) is 79.8 Å². The van der Waals surface area contributed by atoms with Gasteiger partial charge in [0, 0.05) is 201 Å². The first kappa shape index (κ1) is 93.2. The van der Waals surface area contributed by atoms with Crippen LogP contribution in [0.15, 0.2) is 375 Å². The van der Waals surface area contributed by atoms with Gasteiger partial charge in [0.15, 0.2) is 5.75 Å². The minimum atomic E-state index is -0.322. The first-order chi connectivity index (χ1) is 65.2. The van der Waals surface area contributed by atoms with Crippen molar-refractivity contribution in [1.82, 2.24) is 84.7 Å². The number of anilines is 15. The minimum Gasteiger partial charge on any atom is -0.454 e. The highest BCUT2D eigenvalue weighted by Crippen LogP contribution is 2.44. The molecule has 0 unspecified atom stereocenters. The molecule has 19 aromatic rings. The molecule has 0 saturated heterocycles. The van der Waals surface area contributed by atoms with Crippen LogP contribution in [0.25, 0.3) is 44.5 Å². The number of aryl methyl sites for hydroxylation is 2. The van der Waals surface area contributed by atoms with Crippen LogP contribution < -0.4 is 60.0 Å². The fourth-order valence-electron chi connectivity index (χ4n) is 12.5. The summed E-state index contributed by atoms with van der Waals surface area (Å²) >= 11 is 31.9. The lowest BCUT2D eigenvalue weighted by molar-refractivity contribution is 0.489. The van der Waals surface area contributed by atoms with Crippen LogP contribution >= 0.6 is 93.5 Å². The maximum absolute atomic E-state index is 14.5. The highest BCUT2D eigenvalue weighted by molar-refractivity contribution is 8.00. The molecule has 0 radical (unpaired) electrons. The van der Waals surface area contributed by atoms with Gasteiger partial charge in [0.1, 0.15) is 45.7 Å². The molecule has 0 bridgehead atoms. The Bertz CT molecular complexity index is 7090. The maximum Gasteiger partial charge on any atom is 0.222 e. The van der Waals surface area contributed by atoms with Gasteiger partial charge in [-0.05, 0) is 166 Å². The lowest BCUT2D eigenvalue weighted by Crippen LogP contribution is -2.02. The molecule has 28 nitrogen and oxygen atoms in total. The summed E-state index contributed by atoms with van der Waals surface area (Å²) < 4.78 is 20.6. The van der Waals surface area contributed by atoms with Gasteiger partial charge >= 0.3 is 0 Å². The lowest BCUT2D eigenvalue weighted by Gasteiger charge is -2.14. The van der Waals surface area contributed by atoms with Crippen LogP contribution in [0, 0.1) is 19.7 Å². The summed E-state index contributed by atoms with van der Waals surface area (Å²) in [7, 11) is 0. The molecule has 19 rings (SSSR count). The third-order valence-electron chi connectivity index (χ3n) is 18.3. The Morgan fingerprint density at radius 1 is 0.306 bits per heavy atom.